The molecule has 1 aromatic heterocycles. The van der Waals surface area contributed by atoms with E-state index in [1.54, 1.807) is 0 Å². The lowest BCUT2D eigenvalue weighted by atomic mass is 9.95. The third-order valence-electron chi connectivity index (χ3n) is 14.3. The quantitative estimate of drug-likeness (QED) is 0.0689. The van der Waals surface area contributed by atoms with Crippen LogP contribution in [0.25, 0.3) is 11.0 Å². The molecular formula is C55H68FN9O2. The van der Waals surface area contributed by atoms with E-state index in [0.29, 0.717) is 31.9 Å². The minimum absolute atomic E-state index is 0.0533. The lowest BCUT2D eigenvalue weighted by Gasteiger charge is -2.39. The number of anilines is 3. The summed E-state index contributed by atoms with van der Waals surface area (Å²) in [5.74, 6) is 0.757. The highest BCUT2D eigenvalue weighted by atomic mass is 19.1. The van der Waals surface area contributed by atoms with E-state index in [9.17, 15) is 14.0 Å². The highest BCUT2D eigenvalue weighted by molar-refractivity contribution is 5.85. The number of nitrogens with one attached hydrogen (secondary N) is 2. The minimum Gasteiger partial charge on any atom is -0.397 e. The van der Waals surface area contributed by atoms with Gasteiger partial charge in [-0.3, -0.25) is 19.4 Å². The summed E-state index contributed by atoms with van der Waals surface area (Å²) in [6, 6.07) is 38.6. The lowest BCUT2D eigenvalue weighted by Crippen LogP contribution is -2.49. The van der Waals surface area contributed by atoms with E-state index in [2.05, 4.69) is 107 Å². The molecule has 4 atom stereocenters. The predicted molar refractivity (Wildman–Crippen MR) is 269 cm³/mol. The van der Waals surface area contributed by atoms with Crippen LogP contribution in [-0.4, -0.2) is 93.2 Å². The first-order chi connectivity index (χ1) is 32.5. The molecule has 6 aromatic rings. The van der Waals surface area contributed by atoms with E-state index in [1.165, 1.54) is 12.1 Å². The fourth-order valence-corrected chi connectivity index (χ4v) is 10.5. The van der Waals surface area contributed by atoms with E-state index < -0.39 is 5.54 Å². The number of amides is 2. The third-order valence-corrected chi connectivity index (χ3v) is 14.3. The Morgan fingerprint density at radius 1 is 0.776 bits per heavy atom. The molecule has 67 heavy (non-hydrogen) atoms. The number of nitrogen functional groups attached to an aromatic ring is 1. The van der Waals surface area contributed by atoms with Gasteiger partial charge in [-0.05, 0) is 130 Å². The first-order valence-electron chi connectivity index (χ1n) is 24.4. The van der Waals surface area contributed by atoms with Crippen molar-refractivity contribution in [1.29, 1.82) is 0 Å². The smallest absolute Gasteiger partial charge is 0.245 e. The van der Waals surface area contributed by atoms with Gasteiger partial charge >= 0.3 is 0 Å². The number of rotatable bonds is 19. The number of hydrogen-bond acceptors (Lipinski definition) is 8. The summed E-state index contributed by atoms with van der Waals surface area (Å²) in [5.41, 5.74) is 14.4. The number of H-pyrrole nitrogens is 1. The Kier molecular flexibility index (Phi) is 14.9. The van der Waals surface area contributed by atoms with Crippen molar-refractivity contribution < 1.29 is 14.0 Å². The number of imidazole rings is 1. The number of likely N-dealkylation sites (tertiary alicyclic amines) is 2. The molecule has 352 valence electrons. The number of carbonyl (C=O) groups is 2. The van der Waals surface area contributed by atoms with Crippen LogP contribution in [0.5, 0.6) is 0 Å². The summed E-state index contributed by atoms with van der Waals surface area (Å²) in [5, 5.41) is 3.59. The molecule has 0 aliphatic carbocycles. The molecule has 2 amide bonds. The van der Waals surface area contributed by atoms with Crippen molar-refractivity contribution in [2.24, 2.45) is 0 Å². The molecule has 8 rings (SSSR count). The molecule has 0 spiro atoms. The molecule has 0 radical (unpaired) electrons. The van der Waals surface area contributed by atoms with Crippen molar-refractivity contribution in [1.82, 2.24) is 29.6 Å². The van der Waals surface area contributed by atoms with E-state index in [1.807, 2.05) is 71.6 Å². The monoisotopic (exact) mass is 906 g/mol. The zero-order valence-electron chi connectivity index (χ0n) is 39.9. The highest BCUT2D eigenvalue weighted by Gasteiger charge is 2.46. The van der Waals surface area contributed by atoms with Crippen LogP contribution in [0.15, 0.2) is 121 Å². The average Bonchev–Trinajstić information content (AvgIpc) is 4.11. The number of aromatic amines is 1. The molecule has 1 unspecified atom stereocenters. The summed E-state index contributed by atoms with van der Waals surface area (Å²) in [6.45, 7) is 16.8. The second kappa shape index (κ2) is 21.2. The first-order valence-corrected chi connectivity index (χ1v) is 24.4. The molecular weight excluding hydrogens is 838 g/mol. The second-order valence-electron chi connectivity index (χ2n) is 18.3. The molecule has 0 bridgehead atoms. The molecule has 12 heteroatoms. The van der Waals surface area contributed by atoms with Crippen molar-refractivity contribution in [3.8, 4) is 0 Å². The van der Waals surface area contributed by atoms with Gasteiger partial charge in [0.25, 0.3) is 0 Å². The van der Waals surface area contributed by atoms with Gasteiger partial charge in [0.05, 0.1) is 27.9 Å². The predicted octanol–water partition coefficient (Wildman–Crippen LogP) is 9.90. The zero-order chi connectivity index (χ0) is 47.1. The molecule has 11 nitrogen and oxygen atoms in total. The van der Waals surface area contributed by atoms with Crippen LogP contribution in [0.4, 0.5) is 21.5 Å². The minimum atomic E-state index is -0.595. The number of hydrogen-bond donors (Lipinski definition) is 3. The molecule has 4 N–H and O–H groups in total. The van der Waals surface area contributed by atoms with Crippen molar-refractivity contribution >= 4 is 39.9 Å². The van der Waals surface area contributed by atoms with Gasteiger partial charge in [-0.25, -0.2) is 9.37 Å². The Hall–Kier alpha value is -6.24. The Morgan fingerprint density at radius 2 is 1.37 bits per heavy atom. The standard InChI is InChI=1S/C55H68FN9O2/c1-6-61(7-2)50(41-18-12-10-13-19-41)52(66)64-32-16-22-45(64)36-58-47-29-23-39(34-46(47)57)37-63(44-27-25-43(56)26-28-44)38-40-24-30-48-49(35-40)60-54(59-48)55(5)31-17-33-65(55)53(67)51(62(8-3)9-4)42-20-14-11-15-21-42/h10-15,18-21,23-30,34-35,45,50-51,58H,6-9,16-17,22,31-33,36-38,57H2,1-5H3,(H,59,60)/t45-,50+,51+,55?/m0/s1. The van der Waals surface area contributed by atoms with Crippen molar-refractivity contribution in [3.63, 3.8) is 0 Å². The van der Waals surface area contributed by atoms with Crippen LogP contribution in [0.1, 0.15) is 100 Å². The van der Waals surface area contributed by atoms with Gasteiger partial charge < -0.3 is 30.7 Å². The van der Waals surface area contributed by atoms with Gasteiger partial charge in [0.1, 0.15) is 23.7 Å². The lowest BCUT2D eigenvalue weighted by molar-refractivity contribution is -0.141. The van der Waals surface area contributed by atoms with E-state index in [-0.39, 0.29) is 35.8 Å². The van der Waals surface area contributed by atoms with Gasteiger partial charge in [-0.2, -0.15) is 0 Å². The first kappa shape index (κ1) is 47.3. The Bertz CT molecular complexity index is 2580. The number of aromatic nitrogens is 2. The number of likely N-dealkylation sites (N-methyl/N-ethyl adjacent to an activating group) is 2. The van der Waals surface area contributed by atoms with Crippen LogP contribution in [-0.2, 0) is 28.2 Å². The normalized spacial score (nSPS) is 18.2. The van der Waals surface area contributed by atoms with Gasteiger partial charge in [-0.15, -0.1) is 0 Å². The molecule has 0 saturated carbocycles. The summed E-state index contributed by atoms with van der Waals surface area (Å²) in [7, 11) is 0. The summed E-state index contributed by atoms with van der Waals surface area (Å²) >= 11 is 0. The van der Waals surface area contributed by atoms with Gasteiger partial charge in [-0.1, -0.05) is 100 Å². The maximum atomic E-state index is 14.6. The number of fused-ring (bicyclic) bond motifs is 1. The Balaban J connectivity index is 0.978. The van der Waals surface area contributed by atoms with E-state index in [0.717, 1.165) is 109 Å². The summed E-state index contributed by atoms with van der Waals surface area (Å²) in [4.78, 5) is 48.5. The van der Waals surface area contributed by atoms with Crippen LogP contribution in [0.3, 0.4) is 0 Å². The highest BCUT2D eigenvalue weighted by Crippen LogP contribution is 2.41. The molecule has 2 fully saturated rings. The maximum Gasteiger partial charge on any atom is 0.245 e. The molecule has 5 aromatic carbocycles. The fraction of sp³-hybridized carbons (Fsp3) is 0.400. The van der Waals surface area contributed by atoms with Gasteiger partial charge in [0.15, 0.2) is 0 Å². The van der Waals surface area contributed by atoms with E-state index in [4.69, 9.17) is 10.7 Å². The molecule has 2 aliphatic rings. The summed E-state index contributed by atoms with van der Waals surface area (Å²) in [6.07, 6.45) is 3.60. The van der Waals surface area contributed by atoms with Gasteiger partial charge in [0, 0.05) is 44.5 Å². The number of nitrogens with zero attached hydrogens (tertiary/aromatic N) is 6. The largest absolute Gasteiger partial charge is 0.397 e. The van der Waals surface area contributed by atoms with Crippen LogP contribution >= 0.6 is 0 Å². The topological polar surface area (TPSA) is 117 Å². The van der Waals surface area contributed by atoms with Crippen LogP contribution < -0.4 is 16.0 Å². The van der Waals surface area contributed by atoms with Crippen LogP contribution in [0.2, 0.25) is 0 Å². The number of carbonyl (C=O) groups excluding carboxylic acids is 2. The SMILES string of the molecule is CCN(CC)[C@@H](C(=O)N1CCC[C@H]1CNc1ccc(CN(Cc2ccc3nc(C4(C)CCCN4C(=O)[C@@H](c4ccccc4)N(CC)CC)[nH]c3c2)c2ccc(F)cc2)cc1N)c1ccccc1. The number of halogens is 1. The average molecular weight is 906 g/mol. The number of nitrogens with two attached hydrogens (primary N) is 1. The Morgan fingerprint density at radius 3 is 1.99 bits per heavy atom. The van der Waals surface area contributed by atoms with Crippen molar-refractivity contribution in [2.45, 2.75) is 97.1 Å². The second-order valence-corrected chi connectivity index (χ2v) is 18.3. The molecule has 3 heterocycles. The fourth-order valence-electron chi connectivity index (χ4n) is 10.5. The van der Waals surface area contributed by atoms with Crippen molar-refractivity contribution in [2.75, 3.05) is 61.8 Å². The zero-order valence-corrected chi connectivity index (χ0v) is 39.9. The third kappa shape index (κ3) is 10.2. The van der Waals surface area contributed by atoms with Crippen LogP contribution in [0, 0.1) is 5.82 Å². The van der Waals surface area contributed by atoms with Crippen molar-refractivity contribution in [3.05, 3.63) is 155 Å². The van der Waals surface area contributed by atoms with Gasteiger partial charge in [0.2, 0.25) is 11.8 Å². The maximum absolute atomic E-state index is 14.6. The van der Waals surface area contributed by atoms with E-state index >= 15 is 0 Å². The number of benzene rings is 5. The molecule has 2 aliphatic heterocycles. The Labute approximate surface area is 396 Å². The molecule has 2 saturated heterocycles. The summed E-state index contributed by atoms with van der Waals surface area (Å²) < 4.78 is 14.3.